The highest BCUT2D eigenvalue weighted by Crippen LogP contribution is 2.40. The summed E-state index contributed by atoms with van der Waals surface area (Å²) in [6.45, 7) is 4.35. The SMILES string of the molecule is COc1ccc2c(c1)C[C@H](C)N(C(=O)CCl)[C@H]2c1ccc(N2CCCCC2)cc1. The monoisotopic (exact) mass is 412 g/mol. The van der Waals surface area contributed by atoms with Gasteiger partial charge in [0.05, 0.1) is 13.2 Å². The van der Waals surface area contributed by atoms with Gasteiger partial charge in [-0.2, -0.15) is 0 Å². The zero-order valence-corrected chi connectivity index (χ0v) is 18.0. The summed E-state index contributed by atoms with van der Waals surface area (Å²) in [7, 11) is 1.69. The van der Waals surface area contributed by atoms with Gasteiger partial charge in [-0.1, -0.05) is 18.2 Å². The normalized spacial score (nSPS) is 21.6. The molecule has 0 radical (unpaired) electrons. The average molecular weight is 413 g/mol. The molecule has 2 aliphatic rings. The molecule has 0 aromatic heterocycles. The minimum absolute atomic E-state index is 0.00180. The Hall–Kier alpha value is -2.20. The van der Waals surface area contributed by atoms with Gasteiger partial charge in [0.2, 0.25) is 5.91 Å². The maximum absolute atomic E-state index is 12.8. The van der Waals surface area contributed by atoms with Crippen molar-refractivity contribution in [2.24, 2.45) is 0 Å². The van der Waals surface area contributed by atoms with E-state index in [2.05, 4.69) is 48.2 Å². The first-order chi connectivity index (χ1) is 14.1. The highest BCUT2D eigenvalue weighted by atomic mass is 35.5. The molecule has 0 bridgehead atoms. The average Bonchev–Trinajstić information content (AvgIpc) is 2.78. The van der Waals surface area contributed by atoms with Crippen LogP contribution in [0.2, 0.25) is 0 Å². The lowest BCUT2D eigenvalue weighted by molar-refractivity contribution is -0.132. The lowest BCUT2D eigenvalue weighted by Gasteiger charge is -2.42. The lowest BCUT2D eigenvalue weighted by Crippen LogP contribution is -2.47. The van der Waals surface area contributed by atoms with Gasteiger partial charge in [-0.3, -0.25) is 4.79 Å². The van der Waals surface area contributed by atoms with Gasteiger partial charge in [-0.15, -0.1) is 11.6 Å². The zero-order valence-electron chi connectivity index (χ0n) is 17.2. The Morgan fingerprint density at radius 3 is 2.48 bits per heavy atom. The molecule has 0 aliphatic carbocycles. The summed E-state index contributed by atoms with van der Waals surface area (Å²) < 4.78 is 5.43. The summed E-state index contributed by atoms with van der Waals surface area (Å²) >= 11 is 5.99. The van der Waals surface area contributed by atoms with Crippen LogP contribution < -0.4 is 9.64 Å². The Labute approximate surface area is 178 Å². The molecule has 2 aromatic rings. The first-order valence-corrected chi connectivity index (χ1v) is 11.0. The van der Waals surface area contributed by atoms with Crippen molar-refractivity contribution in [2.45, 2.75) is 44.7 Å². The standard InChI is InChI=1S/C24H29ClN2O2/c1-17-14-19-15-21(29-2)10-11-22(19)24(27(17)23(28)16-25)18-6-8-20(9-7-18)26-12-4-3-5-13-26/h6-11,15,17,24H,3-5,12-14,16H2,1-2H3/t17-,24-/m0/s1. The number of fused-ring (bicyclic) bond motifs is 1. The Balaban J connectivity index is 1.72. The molecule has 29 heavy (non-hydrogen) atoms. The third-order valence-electron chi connectivity index (χ3n) is 6.25. The Bertz CT molecular complexity index is 862. The number of carbonyl (C=O) groups is 1. The van der Waals surface area contributed by atoms with Crippen molar-refractivity contribution < 1.29 is 9.53 Å². The number of amides is 1. The number of nitrogens with zero attached hydrogens (tertiary/aromatic N) is 2. The summed E-state index contributed by atoms with van der Waals surface area (Å²) in [4.78, 5) is 17.2. The van der Waals surface area contributed by atoms with Gasteiger partial charge in [0.25, 0.3) is 0 Å². The molecule has 5 heteroatoms. The van der Waals surface area contributed by atoms with Crippen LogP contribution in [0.1, 0.15) is 48.9 Å². The van der Waals surface area contributed by atoms with Crippen molar-refractivity contribution >= 4 is 23.2 Å². The van der Waals surface area contributed by atoms with E-state index < -0.39 is 0 Å². The molecule has 4 nitrogen and oxygen atoms in total. The van der Waals surface area contributed by atoms with Crippen molar-refractivity contribution in [1.82, 2.24) is 4.90 Å². The number of hydrogen-bond acceptors (Lipinski definition) is 3. The first-order valence-electron chi connectivity index (χ1n) is 10.5. The highest BCUT2D eigenvalue weighted by Gasteiger charge is 2.36. The summed E-state index contributed by atoms with van der Waals surface area (Å²) in [5.41, 5.74) is 4.79. The first kappa shape index (κ1) is 20.1. The van der Waals surface area contributed by atoms with Crippen molar-refractivity contribution in [1.29, 1.82) is 0 Å². The molecular weight excluding hydrogens is 384 g/mol. The number of benzene rings is 2. The Morgan fingerprint density at radius 1 is 1.10 bits per heavy atom. The van der Waals surface area contributed by atoms with Crippen molar-refractivity contribution in [3.05, 3.63) is 59.2 Å². The van der Waals surface area contributed by atoms with Gasteiger partial charge in [-0.05, 0) is 73.6 Å². The highest BCUT2D eigenvalue weighted by molar-refractivity contribution is 6.27. The van der Waals surface area contributed by atoms with E-state index >= 15 is 0 Å². The number of rotatable bonds is 4. The number of alkyl halides is 1. The fraction of sp³-hybridized carbons (Fsp3) is 0.458. The van der Waals surface area contributed by atoms with Gasteiger partial charge in [0.1, 0.15) is 11.6 Å². The molecule has 0 spiro atoms. The molecule has 4 rings (SSSR count). The summed E-state index contributed by atoms with van der Waals surface area (Å²) in [6.07, 6.45) is 4.64. The molecule has 2 heterocycles. The van der Waals surface area contributed by atoms with Crippen LogP contribution >= 0.6 is 11.6 Å². The minimum atomic E-state index is -0.124. The van der Waals surface area contributed by atoms with E-state index in [-0.39, 0.29) is 23.9 Å². The topological polar surface area (TPSA) is 32.8 Å². The van der Waals surface area contributed by atoms with Crippen LogP contribution in [-0.4, -0.2) is 42.9 Å². The third-order valence-corrected chi connectivity index (χ3v) is 6.47. The minimum Gasteiger partial charge on any atom is -0.497 e. The molecule has 0 N–H and O–H groups in total. The van der Waals surface area contributed by atoms with Gasteiger partial charge in [-0.25, -0.2) is 0 Å². The summed E-state index contributed by atoms with van der Waals surface area (Å²) in [5.74, 6) is 0.830. The summed E-state index contributed by atoms with van der Waals surface area (Å²) in [6, 6.07) is 14.9. The second-order valence-corrected chi connectivity index (χ2v) is 8.36. The van der Waals surface area contributed by atoms with Crippen LogP contribution in [0.4, 0.5) is 5.69 Å². The maximum atomic E-state index is 12.8. The van der Waals surface area contributed by atoms with E-state index in [4.69, 9.17) is 16.3 Å². The summed E-state index contributed by atoms with van der Waals surface area (Å²) in [5, 5.41) is 0. The van der Waals surface area contributed by atoms with E-state index in [9.17, 15) is 4.79 Å². The van der Waals surface area contributed by atoms with Crippen molar-refractivity contribution in [2.75, 3.05) is 31.0 Å². The second-order valence-electron chi connectivity index (χ2n) is 8.09. The Morgan fingerprint density at radius 2 is 1.83 bits per heavy atom. The molecule has 2 aromatic carbocycles. The van der Waals surface area contributed by atoms with E-state index in [1.165, 1.54) is 30.5 Å². The van der Waals surface area contributed by atoms with E-state index in [0.29, 0.717) is 0 Å². The number of piperidine rings is 1. The van der Waals surface area contributed by atoms with Crippen LogP contribution in [-0.2, 0) is 11.2 Å². The second kappa shape index (κ2) is 8.66. The van der Waals surface area contributed by atoms with E-state index in [1.807, 2.05) is 11.0 Å². The van der Waals surface area contributed by atoms with E-state index in [1.54, 1.807) is 7.11 Å². The van der Waals surface area contributed by atoms with Crippen LogP contribution in [0.25, 0.3) is 0 Å². The molecule has 0 saturated carbocycles. The molecular formula is C24H29ClN2O2. The van der Waals surface area contributed by atoms with Crippen LogP contribution in [0.15, 0.2) is 42.5 Å². The van der Waals surface area contributed by atoms with Gasteiger partial charge in [0.15, 0.2) is 0 Å². The zero-order chi connectivity index (χ0) is 20.4. The Kier molecular flexibility index (Phi) is 6.00. The molecule has 1 fully saturated rings. The molecule has 2 atom stereocenters. The van der Waals surface area contributed by atoms with Crippen LogP contribution in [0.3, 0.4) is 0 Å². The van der Waals surface area contributed by atoms with Gasteiger partial charge >= 0.3 is 0 Å². The van der Waals surface area contributed by atoms with Crippen molar-refractivity contribution in [3.8, 4) is 5.75 Å². The lowest BCUT2D eigenvalue weighted by atomic mass is 9.84. The largest absolute Gasteiger partial charge is 0.497 e. The van der Waals surface area contributed by atoms with Crippen LogP contribution in [0.5, 0.6) is 5.75 Å². The maximum Gasteiger partial charge on any atom is 0.238 e. The molecule has 154 valence electrons. The molecule has 0 unspecified atom stereocenters. The fourth-order valence-corrected chi connectivity index (χ4v) is 4.93. The molecule has 2 aliphatic heterocycles. The van der Waals surface area contributed by atoms with Gasteiger partial charge in [0, 0.05) is 24.8 Å². The predicted molar refractivity (Wildman–Crippen MR) is 118 cm³/mol. The number of methoxy groups -OCH3 is 1. The number of ether oxygens (including phenoxy) is 1. The fourth-order valence-electron chi connectivity index (χ4n) is 4.79. The predicted octanol–water partition coefficient (Wildman–Crippen LogP) is 4.79. The van der Waals surface area contributed by atoms with Crippen LogP contribution in [0, 0.1) is 0 Å². The number of anilines is 1. The van der Waals surface area contributed by atoms with Gasteiger partial charge < -0.3 is 14.5 Å². The van der Waals surface area contributed by atoms with Crippen molar-refractivity contribution in [3.63, 3.8) is 0 Å². The quantitative estimate of drug-likeness (QED) is 0.677. The smallest absolute Gasteiger partial charge is 0.238 e. The number of hydrogen-bond donors (Lipinski definition) is 0. The molecule has 1 saturated heterocycles. The third kappa shape index (κ3) is 3.95. The number of carbonyl (C=O) groups excluding carboxylic acids is 1. The molecule has 1 amide bonds. The number of halogens is 1. The van der Waals surface area contributed by atoms with E-state index in [0.717, 1.165) is 36.4 Å².